The summed E-state index contributed by atoms with van der Waals surface area (Å²) in [5, 5.41) is 6.95. The molecule has 1 aliphatic rings. The van der Waals surface area contributed by atoms with Gasteiger partial charge in [-0.1, -0.05) is 17.7 Å². The molecule has 0 bridgehead atoms. The van der Waals surface area contributed by atoms with Gasteiger partial charge in [0.2, 0.25) is 0 Å². The maximum atomic E-state index is 3.57. The number of piperazine rings is 1. The Morgan fingerprint density at radius 1 is 1.11 bits per heavy atom. The molecule has 1 saturated heterocycles. The van der Waals surface area contributed by atoms with Crippen molar-refractivity contribution in [3.63, 3.8) is 0 Å². The summed E-state index contributed by atoms with van der Waals surface area (Å²) in [5.41, 5.74) is 5.74. The van der Waals surface area contributed by atoms with E-state index in [4.69, 9.17) is 0 Å². The molecule has 1 aliphatic heterocycles. The number of rotatable bonds is 5. The quantitative estimate of drug-likeness (QED) is 0.789. The number of nitrogens with zero attached hydrogens (tertiary/aromatic N) is 1. The molecule has 3 heteroatoms. The average Bonchev–Trinajstić information content (AvgIpc) is 2.38. The minimum Gasteiger partial charge on any atom is -0.314 e. The minimum atomic E-state index is 1.02. The van der Waals surface area contributed by atoms with Gasteiger partial charge in [0.25, 0.3) is 0 Å². The monoisotopic (exact) mass is 261 g/mol. The lowest BCUT2D eigenvalue weighted by molar-refractivity contribution is 0.224. The predicted molar refractivity (Wildman–Crippen MR) is 81.7 cm³/mol. The minimum absolute atomic E-state index is 1.02. The van der Waals surface area contributed by atoms with E-state index in [2.05, 4.69) is 48.4 Å². The highest BCUT2D eigenvalue weighted by molar-refractivity contribution is 5.37. The zero-order valence-electron chi connectivity index (χ0n) is 12.6. The van der Waals surface area contributed by atoms with E-state index in [0.717, 1.165) is 45.8 Å². The summed E-state index contributed by atoms with van der Waals surface area (Å²) in [5.74, 6) is 0. The van der Waals surface area contributed by atoms with Crippen molar-refractivity contribution in [2.75, 3.05) is 39.4 Å². The van der Waals surface area contributed by atoms with Gasteiger partial charge >= 0.3 is 0 Å². The smallest absolute Gasteiger partial charge is 0.0481 e. The van der Waals surface area contributed by atoms with E-state index in [-0.39, 0.29) is 0 Å². The van der Waals surface area contributed by atoms with E-state index >= 15 is 0 Å². The van der Waals surface area contributed by atoms with Crippen LogP contribution in [0, 0.1) is 20.8 Å². The second kappa shape index (κ2) is 7.04. The molecule has 0 saturated carbocycles. The molecule has 1 heterocycles. The maximum Gasteiger partial charge on any atom is 0.0481 e. The summed E-state index contributed by atoms with van der Waals surface area (Å²) in [4.78, 5) is 2.48. The van der Waals surface area contributed by atoms with Gasteiger partial charge in [0.1, 0.15) is 0 Å². The Kier molecular flexibility index (Phi) is 5.37. The molecule has 1 aromatic carbocycles. The van der Waals surface area contributed by atoms with Gasteiger partial charge in [-0.3, -0.25) is 4.90 Å². The van der Waals surface area contributed by atoms with Crippen molar-refractivity contribution in [1.29, 1.82) is 0 Å². The molecule has 0 aliphatic carbocycles. The third-order valence-electron chi connectivity index (χ3n) is 3.94. The highest BCUT2D eigenvalue weighted by Gasteiger charge is 2.08. The molecular formula is C16H27N3. The molecule has 0 radical (unpaired) electrons. The second-order valence-electron chi connectivity index (χ2n) is 5.65. The number of hydrogen-bond acceptors (Lipinski definition) is 3. The van der Waals surface area contributed by atoms with Gasteiger partial charge in [0, 0.05) is 39.4 Å². The zero-order valence-corrected chi connectivity index (χ0v) is 12.6. The zero-order chi connectivity index (χ0) is 13.7. The molecule has 0 spiro atoms. The highest BCUT2D eigenvalue weighted by Crippen LogP contribution is 2.16. The normalized spacial score (nSPS) is 16.8. The van der Waals surface area contributed by atoms with Crippen molar-refractivity contribution < 1.29 is 0 Å². The van der Waals surface area contributed by atoms with E-state index in [0.29, 0.717) is 0 Å². The molecule has 19 heavy (non-hydrogen) atoms. The van der Waals surface area contributed by atoms with Crippen LogP contribution in [0.2, 0.25) is 0 Å². The van der Waals surface area contributed by atoms with E-state index in [9.17, 15) is 0 Å². The van der Waals surface area contributed by atoms with Crippen LogP contribution in [-0.4, -0.2) is 44.3 Å². The van der Waals surface area contributed by atoms with Crippen LogP contribution >= 0.6 is 0 Å². The van der Waals surface area contributed by atoms with Crippen molar-refractivity contribution in [3.05, 3.63) is 34.4 Å². The van der Waals surface area contributed by atoms with E-state index < -0.39 is 0 Å². The first kappa shape index (κ1) is 14.5. The van der Waals surface area contributed by atoms with Gasteiger partial charge in [-0.25, -0.2) is 0 Å². The van der Waals surface area contributed by atoms with Crippen LogP contribution in [0.5, 0.6) is 0 Å². The van der Waals surface area contributed by atoms with Crippen LogP contribution in [-0.2, 0) is 6.42 Å². The Balaban J connectivity index is 1.76. The molecule has 0 amide bonds. The van der Waals surface area contributed by atoms with Crippen LogP contribution in [0.15, 0.2) is 12.1 Å². The average molecular weight is 261 g/mol. The van der Waals surface area contributed by atoms with Crippen molar-refractivity contribution in [1.82, 2.24) is 15.5 Å². The van der Waals surface area contributed by atoms with Gasteiger partial charge in [-0.05, 0) is 43.9 Å². The lowest BCUT2D eigenvalue weighted by Gasteiger charge is -2.27. The topological polar surface area (TPSA) is 27.3 Å². The van der Waals surface area contributed by atoms with E-state index in [1.165, 1.54) is 22.3 Å². The van der Waals surface area contributed by atoms with Crippen LogP contribution < -0.4 is 10.6 Å². The number of benzene rings is 1. The van der Waals surface area contributed by atoms with Gasteiger partial charge in [-0.2, -0.15) is 0 Å². The maximum absolute atomic E-state index is 3.57. The Hall–Kier alpha value is -0.900. The van der Waals surface area contributed by atoms with Crippen molar-refractivity contribution in [2.24, 2.45) is 0 Å². The van der Waals surface area contributed by atoms with Crippen molar-refractivity contribution >= 4 is 0 Å². The molecule has 0 aromatic heterocycles. The second-order valence-corrected chi connectivity index (χ2v) is 5.65. The molecule has 2 N–H and O–H groups in total. The third kappa shape index (κ3) is 4.30. The number of nitrogens with one attached hydrogen (secondary N) is 2. The summed E-state index contributed by atoms with van der Waals surface area (Å²) in [6, 6.07) is 4.58. The Morgan fingerprint density at radius 2 is 1.74 bits per heavy atom. The first-order valence-electron chi connectivity index (χ1n) is 7.37. The Bertz CT molecular complexity index is 385. The van der Waals surface area contributed by atoms with Gasteiger partial charge < -0.3 is 10.6 Å². The molecule has 106 valence electrons. The predicted octanol–water partition coefficient (Wildman–Crippen LogP) is 1.61. The SMILES string of the molecule is Cc1cc(C)c(CCNCN2CCNCC2)c(C)c1. The summed E-state index contributed by atoms with van der Waals surface area (Å²) in [6.45, 7) is 13.3. The van der Waals surface area contributed by atoms with Crippen LogP contribution in [0.1, 0.15) is 22.3 Å². The molecule has 3 nitrogen and oxygen atoms in total. The summed E-state index contributed by atoms with van der Waals surface area (Å²) in [6.07, 6.45) is 1.13. The molecule has 2 rings (SSSR count). The molecule has 1 aromatic rings. The molecular weight excluding hydrogens is 234 g/mol. The lowest BCUT2D eigenvalue weighted by atomic mass is 9.97. The van der Waals surface area contributed by atoms with Crippen LogP contribution in [0.4, 0.5) is 0 Å². The molecule has 0 atom stereocenters. The number of aryl methyl sites for hydroxylation is 3. The first-order chi connectivity index (χ1) is 9.16. The van der Waals surface area contributed by atoms with Gasteiger partial charge in [-0.15, -0.1) is 0 Å². The summed E-state index contributed by atoms with van der Waals surface area (Å²) >= 11 is 0. The molecule has 1 fully saturated rings. The van der Waals surface area contributed by atoms with Gasteiger partial charge in [0.05, 0.1) is 0 Å². The summed E-state index contributed by atoms with van der Waals surface area (Å²) in [7, 11) is 0. The fourth-order valence-corrected chi connectivity index (χ4v) is 2.92. The largest absolute Gasteiger partial charge is 0.314 e. The Morgan fingerprint density at radius 3 is 2.37 bits per heavy atom. The van der Waals surface area contributed by atoms with Crippen molar-refractivity contribution in [2.45, 2.75) is 27.2 Å². The fraction of sp³-hybridized carbons (Fsp3) is 0.625. The fourth-order valence-electron chi connectivity index (χ4n) is 2.92. The van der Waals surface area contributed by atoms with Gasteiger partial charge in [0.15, 0.2) is 0 Å². The van der Waals surface area contributed by atoms with Crippen LogP contribution in [0.3, 0.4) is 0 Å². The van der Waals surface area contributed by atoms with E-state index in [1.54, 1.807) is 0 Å². The number of hydrogen-bond donors (Lipinski definition) is 2. The van der Waals surface area contributed by atoms with Crippen LogP contribution in [0.25, 0.3) is 0 Å². The molecule has 0 unspecified atom stereocenters. The standard InChI is InChI=1S/C16H27N3/c1-13-10-14(2)16(15(3)11-13)4-5-18-12-19-8-6-17-7-9-19/h10-11,17-18H,4-9,12H2,1-3H3. The first-order valence-corrected chi connectivity index (χ1v) is 7.37. The van der Waals surface area contributed by atoms with Crippen molar-refractivity contribution in [3.8, 4) is 0 Å². The van der Waals surface area contributed by atoms with E-state index in [1.807, 2.05) is 0 Å². The lowest BCUT2D eigenvalue weighted by Crippen LogP contribution is -2.47. The highest BCUT2D eigenvalue weighted by atomic mass is 15.2. The third-order valence-corrected chi connectivity index (χ3v) is 3.94. The Labute approximate surface area is 117 Å². The summed E-state index contributed by atoms with van der Waals surface area (Å²) < 4.78 is 0.